The Kier molecular flexibility index (Phi) is 3.77. The summed E-state index contributed by atoms with van der Waals surface area (Å²) in [6.07, 6.45) is 3.85. The van der Waals surface area contributed by atoms with Gasteiger partial charge < -0.3 is 5.32 Å². The van der Waals surface area contributed by atoms with Gasteiger partial charge in [0.15, 0.2) is 0 Å². The van der Waals surface area contributed by atoms with Crippen LogP contribution in [0.2, 0.25) is 0 Å². The normalized spacial score (nSPS) is 14.4. The van der Waals surface area contributed by atoms with Crippen molar-refractivity contribution in [2.24, 2.45) is 7.05 Å². The molecule has 4 heteroatoms. The number of nitrogens with zero attached hydrogens (tertiary/aromatic N) is 2. The number of benzene rings is 1. The van der Waals surface area contributed by atoms with Gasteiger partial charge in [-0.3, -0.25) is 4.68 Å². The minimum absolute atomic E-state index is 0.167. The fraction of sp³-hybridized carbons (Fsp3) is 0.357. The Hall–Kier alpha value is -1.68. The van der Waals surface area contributed by atoms with Gasteiger partial charge in [0.25, 0.3) is 0 Å². The van der Waals surface area contributed by atoms with E-state index < -0.39 is 0 Å². The average Bonchev–Trinajstić information content (AvgIpc) is 2.76. The Morgan fingerprint density at radius 1 is 1.11 bits per heavy atom. The molecule has 18 heavy (non-hydrogen) atoms. The molecule has 1 aromatic carbocycles. The summed E-state index contributed by atoms with van der Waals surface area (Å²) in [5.74, 6) is -0.203. The van der Waals surface area contributed by atoms with Gasteiger partial charge in [-0.2, -0.15) is 5.10 Å². The number of aromatic nitrogens is 2. The second-order valence-corrected chi connectivity index (χ2v) is 4.61. The van der Waals surface area contributed by atoms with Crippen LogP contribution < -0.4 is 5.32 Å². The van der Waals surface area contributed by atoms with Gasteiger partial charge in [0.1, 0.15) is 5.82 Å². The van der Waals surface area contributed by atoms with Gasteiger partial charge in [0.2, 0.25) is 0 Å². The molecule has 96 valence electrons. The van der Waals surface area contributed by atoms with E-state index in [4.69, 9.17) is 0 Å². The van der Waals surface area contributed by atoms with E-state index in [1.165, 1.54) is 12.1 Å². The summed E-state index contributed by atoms with van der Waals surface area (Å²) < 4.78 is 14.6. The summed E-state index contributed by atoms with van der Waals surface area (Å²) >= 11 is 0. The van der Waals surface area contributed by atoms with Crippen LogP contribution in [0.25, 0.3) is 0 Å². The van der Waals surface area contributed by atoms with Crippen LogP contribution in [-0.4, -0.2) is 9.78 Å². The Labute approximate surface area is 107 Å². The molecule has 1 heterocycles. The van der Waals surface area contributed by atoms with E-state index >= 15 is 0 Å². The third-order valence-electron chi connectivity index (χ3n) is 3.09. The van der Waals surface area contributed by atoms with E-state index in [1.807, 2.05) is 31.6 Å². The molecule has 0 amide bonds. The van der Waals surface area contributed by atoms with Crippen molar-refractivity contribution < 1.29 is 4.39 Å². The quantitative estimate of drug-likeness (QED) is 0.900. The highest BCUT2D eigenvalue weighted by atomic mass is 19.1. The minimum atomic E-state index is -0.203. The molecule has 3 nitrogen and oxygen atoms in total. The molecule has 2 aromatic rings. The lowest BCUT2D eigenvalue weighted by atomic mass is 10.1. The molecule has 0 bridgehead atoms. The Morgan fingerprint density at radius 2 is 1.72 bits per heavy atom. The van der Waals surface area contributed by atoms with Crippen LogP contribution in [0.1, 0.15) is 37.1 Å². The van der Waals surface area contributed by atoms with Gasteiger partial charge >= 0.3 is 0 Å². The molecule has 2 rings (SSSR count). The van der Waals surface area contributed by atoms with Gasteiger partial charge in [-0.15, -0.1) is 0 Å². The molecule has 1 N–H and O–H groups in total. The summed E-state index contributed by atoms with van der Waals surface area (Å²) in [7, 11) is 1.90. The zero-order valence-electron chi connectivity index (χ0n) is 10.9. The number of aryl methyl sites for hydroxylation is 1. The molecule has 0 saturated carbocycles. The van der Waals surface area contributed by atoms with Crippen LogP contribution >= 0.6 is 0 Å². The summed E-state index contributed by atoms with van der Waals surface area (Å²) in [5.41, 5.74) is 2.22. The van der Waals surface area contributed by atoms with E-state index in [0.29, 0.717) is 0 Å². The molecule has 0 aliphatic carbocycles. The van der Waals surface area contributed by atoms with Gasteiger partial charge in [-0.25, -0.2) is 4.39 Å². The van der Waals surface area contributed by atoms with Crippen molar-refractivity contribution in [3.8, 4) is 0 Å². The summed E-state index contributed by atoms with van der Waals surface area (Å²) in [4.78, 5) is 0. The molecule has 2 atom stereocenters. The lowest BCUT2D eigenvalue weighted by Crippen LogP contribution is -2.22. The van der Waals surface area contributed by atoms with Crippen molar-refractivity contribution in [2.45, 2.75) is 25.9 Å². The second-order valence-electron chi connectivity index (χ2n) is 4.61. The maximum Gasteiger partial charge on any atom is 0.123 e. The molecule has 2 unspecified atom stereocenters. The van der Waals surface area contributed by atoms with Crippen LogP contribution in [0.15, 0.2) is 36.7 Å². The largest absolute Gasteiger partial charge is 0.304 e. The molecule has 0 aliphatic rings. The van der Waals surface area contributed by atoms with Gasteiger partial charge in [-0.1, -0.05) is 12.1 Å². The lowest BCUT2D eigenvalue weighted by molar-refractivity contribution is 0.493. The van der Waals surface area contributed by atoms with Crippen LogP contribution in [-0.2, 0) is 7.05 Å². The first-order valence-electron chi connectivity index (χ1n) is 6.06. The number of hydrogen-bond donors (Lipinski definition) is 1. The first-order valence-corrected chi connectivity index (χ1v) is 6.06. The van der Waals surface area contributed by atoms with Crippen LogP contribution in [0.5, 0.6) is 0 Å². The molecule has 0 spiro atoms. The zero-order valence-corrected chi connectivity index (χ0v) is 10.9. The highest BCUT2D eigenvalue weighted by Crippen LogP contribution is 2.19. The van der Waals surface area contributed by atoms with Gasteiger partial charge in [-0.05, 0) is 31.5 Å². The predicted molar refractivity (Wildman–Crippen MR) is 69.6 cm³/mol. The molecular weight excluding hydrogens is 229 g/mol. The van der Waals surface area contributed by atoms with Crippen molar-refractivity contribution in [3.63, 3.8) is 0 Å². The Balaban J connectivity index is 2.02. The van der Waals surface area contributed by atoms with Gasteiger partial charge in [0.05, 0.1) is 6.20 Å². The number of hydrogen-bond acceptors (Lipinski definition) is 2. The van der Waals surface area contributed by atoms with Crippen LogP contribution in [0.3, 0.4) is 0 Å². The first-order chi connectivity index (χ1) is 8.56. The molecule has 0 fully saturated rings. The molecular formula is C14H18FN3. The molecule has 0 aliphatic heterocycles. The fourth-order valence-corrected chi connectivity index (χ4v) is 1.98. The van der Waals surface area contributed by atoms with Crippen LogP contribution in [0.4, 0.5) is 4.39 Å². The predicted octanol–water partition coefficient (Wildman–Crippen LogP) is 2.97. The van der Waals surface area contributed by atoms with Gasteiger partial charge in [0, 0.05) is 30.9 Å². The number of rotatable bonds is 4. The molecule has 1 aromatic heterocycles. The van der Waals surface area contributed by atoms with Crippen LogP contribution in [0, 0.1) is 5.82 Å². The second kappa shape index (κ2) is 5.31. The maximum absolute atomic E-state index is 12.8. The molecule has 0 radical (unpaired) electrons. The summed E-state index contributed by atoms with van der Waals surface area (Å²) in [5, 5.41) is 7.63. The molecule has 0 saturated heterocycles. The lowest BCUT2D eigenvalue weighted by Gasteiger charge is -2.19. The zero-order chi connectivity index (χ0) is 13.1. The third kappa shape index (κ3) is 2.96. The van der Waals surface area contributed by atoms with Crippen molar-refractivity contribution in [2.75, 3.05) is 0 Å². The first kappa shape index (κ1) is 12.8. The smallest absolute Gasteiger partial charge is 0.123 e. The Morgan fingerprint density at radius 3 is 2.28 bits per heavy atom. The minimum Gasteiger partial charge on any atom is -0.304 e. The highest BCUT2D eigenvalue weighted by molar-refractivity contribution is 5.20. The topological polar surface area (TPSA) is 29.9 Å². The van der Waals surface area contributed by atoms with E-state index in [2.05, 4.69) is 24.3 Å². The summed E-state index contributed by atoms with van der Waals surface area (Å²) in [6.45, 7) is 4.16. The van der Waals surface area contributed by atoms with E-state index in [-0.39, 0.29) is 17.9 Å². The van der Waals surface area contributed by atoms with E-state index in [1.54, 1.807) is 4.68 Å². The average molecular weight is 247 g/mol. The van der Waals surface area contributed by atoms with E-state index in [9.17, 15) is 4.39 Å². The monoisotopic (exact) mass is 247 g/mol. The summed E-state index contributed by atoms with van der Waals surface area (Å²) in [6, 6.07) is 6.97. The van der Waals surface area contributed by atoms with Crippen molar-refractivity contribution in [1.29, 1.82) is 0 Å². The number of halogens is 1. The SMILES string of the molecule is CC(NC(C)c1cnn(C)c1)c1ccc(F)cc1. The standard InChI is InChI=1S/C14H18FN3/c1-10(12-4-6-14(15)7-5-12)17-11(2)13-8-16-18(3)9-13/h4-11,17H,1-3H3. The number of nitrogens with one attached hydrogen (secondary N) is 1. The highest BCUT2D eigenvalue weighted by Gasteiger charge is 2.12. The maximum atomic E-state index is 12.8. The van der Waals surface area contributed by atoms with Crippen molar-refractivity contribution in [3.05, 3.63) is 53.6 Å². The fourth-order valence-electron chi connectivity index (χ4n) is 1.98. The third-order valence-corrected chi connectivity index (χ3v) is 3.09. The van der Waals surface area contributed by atoms with Crippen molar-refractivity contribution in [1.82, 2.24) is 15.1 Å². The van der Waals surface area contributed by atoms with E-state index in [0.717, 1.165) is 11.1 Å². The Bertz CT molecular complexity index is 504. The van der Waals surface area contributed by atoms with Crippen molar-refractivity contribution >= 4 is 0 Å².